The van der Waals surface area contributed by atoms with Crippen LogP contribution in [0, 0.1) is 0 Å². The van der Waals surface area contributed by atoms with Gasteiger partial charge in [0, 0.05) is 30.0 Å². The molecule has 2 aromatic heterocycles. The van der Waals surface area contributed by atoms with Crippen molar-refractivity contribution < 1.29 is 4.79 Å². The molecule has 0 spiro atoms. The van der Waals surface area contributed by atoms with E-state index in [0.29, 0.717) is 18.2 Å². The van der Waals surface area contributed by atoms with Crippen molar-refractivity contribution in [2.75, 3.05) is 11.1 Å². The molecule has 0 unspecified atom stereocenters. The third-order valence-corrected chi connectivity index (χ3v) is 5.74. The lowest BCUT2D eigenvalue weighted by Crippen LogP contribution is -2.20. The van der Waals surface area contributed by atoms with E-state index in [1.54, 1.807) is 36.8 Å². The number of aromatic nitrogens is 4. The summed E-state index contributed by atoms with van der Waals surface area (Å²) in [4.78, 5) is 16.1. The average molecular weight is 458 g/mol. The molecular weight excluding hydrogens is 434 g/mol. The molecule has 0 aliphatic carbocycles. The number of anilines is 1. The highest BCUT2D eigenvalue weighted by Gasteiger charge is 2.13. The number of carbonyl (C=O) groups excluding carboxylic acids is 1. The van der Waals surface area contributed by atoms with Gasteiger partial charge in [-0.25, -0.2) is 5.43 Å². The summed E-state index contributed by atoms with van der Waals surface area (Å²) >= 11 is 1.30. The predicted octanol–water partition coefficient (Wildman–Crippen LogP) is 3.87. The summed E-state index contributed by atoms with van der Waals surface area (Å²) in [7, 11) is 0. The molecule has 1 amide bonds. The second kappa shape index (κ2) is 11.1. The van der Waals surface area contributed by atoms with Gasteiger partial charge in [0.15, 0.2) is 11.0 Å². The molecule has 0 fully saturated rings. The molecule has 0 bridgehead atoms. The van der Waals surface area contributed by atoms with Crippen molar-refractivity contribution >= 4 is 40.3 Å². The number of hydrogen-bond donors (Lipinski definition) is 2. The SMILES string of the molecule is C=CCn1c(CNc2cccc3ccccc23)nnc1SCC(=O)N/N=C/c1ccncc1. The van der Waals surface area contributed by atoms with E-state index in [1.165, 1.54) is 17.1 Å². The molecule has 0 saturated carbocycles. The van der Waals surface area contributed by atoms with E-state index in [2.05, 4.69) is 55.8 Å². The summed E-state index contributed by atoms with van der Waals surface area (Å²) in [5, 5.41) is 19.0. The summed E-state index contributed by atoms with van der Waals surface area (Å²) in [5.41, 5.74) is 4.41. The summed E-state index contributed by atoms with van der Waals surface area (Å²) in [5.74, 6) is 0.704. The maximum absolute atomic E-state index is 12.2. The number of hydrazone groups is 1. The number of rotatable bonds is 10. The average Bonchev–Trinajstić information content (AvgIpc) is 3.23. The van der Waals surface area contributed by atoms with Crippen molar-refractivity contribution in [2.24, 2.45) is 5.10 Å². The minimum atomic E-state index is -0.228. The molecule has 0 aliphatic rings. The van der Waals surface area contributed by atoms with Gasteiger partial charge >= 0.3 is 0 Å². The summed E-state index contributed by atoms with van der Waals surface area (Å²) in [6, 6.07) is 18.0. The third kappa shape index (κ3) is 5.83. The summed E-state index contributed by atoms with van der Waals surface area (Å²) in [6.07, 6.45) is 6.69. The molecule has 0 aliphatic heterocycles. The molecule has 8 nitrogen and oxygen atoms in total. The molecule has 2 heterocycles. The Morgan fingerprint density at radius 3 is 2.76 bits per heavy atom. The van der Waals surface area contributed by atoms with Crippen molar-refractivity contribution in [3.05, 3.63) is 91.0 Å². The number of fused-ring (bicyclic) bond motifs is 1. The quantitative estimate of drug-likeness (QED) is 0.162. The highest BCUT2D eigenvalue weighted by atomic mass is 32.2. The van der Waals surface area contributed by atoms with Crippen LogP contribution in [-0.4, -0.2) is 37.6 Å². The van der Waals surface area contributed by atoms with Crippen molar-refractivity contribution in [1.82, 2.24) is 25.2 Å². The molecule has 0 radical (unpaired) electrons. The number of thioether (sulfide) groups is 1. The van der Waals surface area contributed by atoms with Gasteiger partial charge in [-0.2, -0.15) is 5.10 Å². The molecule has 33 heavy (non-hydrogen) atoms. The number of allylic oxidation sites excluding steroid dienone is 1. The first-order valence-corrected chi connectivity index (χ1v) is 11.3. The minimum absolute atomic E-state index is 0.166. The van der Waals surface area contributed by atoms with Crippen LogP contribution in [0.4, 0.5) is 5.69 Å². The monoisotopic (exact) mass is 457 g/mol. The van der Waals surface area contributed by atoms with Crippen molar-refractivity contribution in [3.8, 4) is 0 Å². The number of benzene rings is 2. The molecule has 0 atom stereocenters. The van der Waals surface area contributed by atoms with Gasteiger partial charge < -0.3 is 9.88 Å². The maximum atomic E-state index is 12.2. The normalized spacial score (nSPS) is 11.0. The van der Waals surface area contributed by atoms with Crippen LogP contribution in [0.15, 0.2) is 89.9 Å². The fraction of sp³-hybridized carbons (Fsp3) is 0.125. The Bertz CT molecular complexity index is 1270. The van der Waals surface area contributed by atoms with Gasteiger partial charge in [0.05, 0.1) is 18.5 Å². The first kappa shape index (κ1) is 22.2. The number of nitrogens with one attached hydrogen (secondary N) is 2. The number of carbonyl (C=O) groups is 1. The van der Waals surface area contributed by atoms with Crippen molar-refractivity contribution in [3.63, 3.8) is 0 Å². The highest BCUT2D eigenvalue weighted by molar-refractivity contribution is 7.99. The largest absolute Gasteiger partial charge is 0.377 e. The van der Waals surface area contributed by atoms with E-state index < -0.39 is 0 Å². The van der Waals surface area contributed by atoms with Crippen LogP contribution in [0.2, 0.25) is 0 Å². The van der Waals surface area contributed by atoms with Crippen LogP contribution in [-0.2, 0) is 17.9 Å². The topological polar surface area (TPSA) is 97.1 Å². The minimum Gasteiger partial charge on any atom is -0.377 e. The Kier molecular flexibility index (Phi) is 7.44. The van der Waals surface area contributed by atoms with Crippen LogP contribution in [0.1, 0.15) is 11.4 Å². The van der Waals surface area contributed by atoms with Gasteiger partial charge in [-0.3, -0.25) is 9.78 Å². The Labute approximate surface area is 195 Å². The van der Waals surface area contributed by atoms with E-state index >= 15 is 0 Å². The van der Waals surface area contributed by atoms with Crippen LogP contribution in [0.5, 0.6) is 0 Å². The molecular formula is C24H23N7OS. The number of nitrogens with zero attached hydrogens (tertiary/aromatic N) is 5. The first-order chi connectivity index (χ1) is 16.2. The number of amides is 1. The van der Waals surface area contributed by atoms with E-state index in [0.717, 1.165) is 22.5 Å². The van der Waals surface area contributed by atoms with Gasteiger partial charge in [-0.05, 0) is 29.1 Å². The zero-order valence-corrected chi connectivity index (χ0v) is 18.7. The van der Waals surface area contributed by atoms with Crippen LogP contribution in [0.25, 0.3) is 10.8 Å². The molecule has 2 aromatic carbocycles. The lowest BCUT2D eigenvalue weighted by Gasteiger charge is -2.11. The van der Waals surface area contributed by atoms with Crippen LogP contribution >= 0.6 is 11.8 Å². The highest BCUT2D eigenvalue weighted by Crippen LogP contribution is 2.24. The Morgan fingerprint density at radius 2 is 1.91 bits per heavy atom. The van der Waals surface area contributed by atoms with E-state index in [9.17, 15) is 4.79 Å². The van der Waals surface area contributed by atoms with Crippen molar-refractivity contribution in [2.45, 2.75) is 18.2 Å². The van der Waals surface area contributed by atoms with E-state index in [4.69, 9.17) is 0 Å². The number of hydrogen-bond acceptors (Lipinski definition) is 7. The number of pyridine rings is 1. The second-order valence-electron chi connectivity index (χ2n) is 7.04. The van der Waals surface area contributed by atoms with Crippen LogP contribution in [0.3, 0.4) is 0 Å². The zero-order valence-electron chi connectivity index (χ0n) is 17.9. The fourth-order valence-corrected chi connectivity index (χ4v) is 3.97. The maximum Gasteiger partial charge on any atom is 0.250 e. The van der Waals surface area contributed by atoms with Gasteiger partial charge in [-0.1, -0.05) is 54.2 Å². The van der Waals surface area contributed by atoms with Gasteiger partial charge in [0.25, 0.3) is 5.91 Å². The lowest BCUT2D eigenvalue weighted by molar-refractivity contribution is -0.118. The fourth-order valence-electron chi connectivity index (χ4n) is 3.21. The molecule has 4 aromatic rings. The smallest absolute Gasteiger partial charge is 0.250 e. The Morgan fingerprint density at radius 1 is 1.09 bits per heavy atom. The molecule has 166 valence electrons. The zero-order chi connectivity index (χ0) is 22.9. The standard InChI is InChI=1S/C24H23N7OS/c1-2-14-31-22(16-26-21-9-5-7-19-6-3-4-8-20(19)21)28-30-24(31)33-17-23(32)29-27-15-18-10-12-25-13-11-18/h2-13,15,26H,1,14,16-17H2,(H,29,32)/b27-15+. The lowest BCUT2D eigenvalue weighted by atomic mass is 10.1. The van der Waals surface area contributed by atoms with Gasteiger partial charge in [0.2, 0.25) is 0 Å². The Hall–Kier alpha value is -3.98. The third-order valence-electron chi connectivity index (χ3n) is 4.77. The first-order valence-electron chi connectivity index (χ1n) is 10.3. The molecule has 0 saturated heterocycles. The van der Waals surface area contributed by atoms with E-state index in [1.807, 2.05) is 28.8 Å². The predicted molar refractivity (Wildman–Crippen MR) is 132 cm³/mol. The second-order valence-corrected chi connectivity index (χ2v) is 7.98. The van der Waals surface area contributed by atoms with Gasteiger partial charge in [-0.15, -0.1) is 16.8 Å². The van der Waals surface area contributed by atoms with E-state index in [-0.39, 0.29) is 11.7 Å². The molecule has 4 rings (SSSR count). The summed E-state index contributed by atoms with van der Waals surface area (Å²) < 4.78 is 1.95. The molecule has 2 N–H and O–H groups in total. The Balaban J connectivity index is 1.37. The van der Waals surface area contributed by atoms with Crippen LogP contribution < -0.4 is 10.7 Å². The van der Waals surface area contributed by atoms with Crippen molar-refractivity contribution in [1.29, 1.82) is 0 Å². The summed E-state index contributed by atoms with van der Waals surface area (Å²) in [6.45, 7) is 4.88. The van der Waals surface area contributed by atoms with Gasteiger partial charge in [0.1, 0.15) is 0 Å². The molecule has 9 heteroatoms.